The molecule has 1 aromatic rings. The summed E-state index contributed by atoms with van der Waals surface area (Å²) in [5.74, 6) is 0.327. The third-order valence-electron chi connectivity index (χ3n) is 6.17. The molecule has 2 atom stereocenters. The highest BCUT2D eigenvalue weighted by molar-refractivity contribution is 6.07. The highest BCUT2D eigenvalue weighted by Gasteiger charge is 2.58. The molecule has 2 amide bonds. The van der Waals surface area contributed by atoms with E-state index >= 15 is 0 Å². The lowest BCUT2D eigenvalue weighted by Crippen LogP contribution is -2.50. The number of carbonyl (C=O) groups excluding carboxylic acids is 2. The Hall–Kier alpha value is -1.88. The number of carbonyl (C=O) groups is 2. The molecule has 25 heavy (non-hydrogen) atoms. The molecule has 3 heterocycles. The Labute approximate surface area is 148 Å². The lowest BCUT2D eigenvalue weighted by Gasteiger charge is -2.36. The number of fused-ring (bicyclic) bond motifs is 2. The molecule has 0 unspecified atom stereocenters. The van der Waals surface area contributed by atoms with Crippen molar-refractivity contribution in [3.8, 4) is 0 Å². The third kappa shape index (κ3) is 2.48. The molecule has 3 aliphatic heterocycles. The molecule has 0 aromatic heterocycles. The maximum absolute atomic E-state index is 13.2. The zero-order chi connectivity index (χ0) is 17.4. The van der Waals surface area contributed by atoms with Crippen LogP contribution in [0.1, 0.15) is 44.6 Å². The second kappa shape index (κ2) is 6.45. The van der Waals surface area contributed by atoms with E-state index in [4.69, 9.17) is 4.74 Å². The quantitative estimate of drug-likeness (QED) is 0.919. The van der Waals surface area contributed by atoms with E-state index in [1.807, 2.05) is 23.1 Å². The third-order valence-corrected chi connectivity index (χ3v) is 6.17. The number of hydrogen-bond acceptors (Lipinski definition) is 3. The molecule has 1 N–H and O–H groups in total. The van der Waals surface area contributed by atoms with Gasteiger partial charge in [-0.2, -0.15) is 0 Å². The highest BCUT2D eigenvalue weighted by atomic mass is 16.5. The molecule has 5 nitrogen and oxygen atoms in total. The van der Waals surface area contributed by atoms with Gasteiger partial charge in [-0.15, -0.1) is 0 Å². The number of benzene rings is 1. The predicted octanol–water partition coefficient (Wildman–Crippen LogP) is 2.70. The number of nitrogens with one attached hydrogen (secondary N) is 1. The fourth-order valence-electron chi connectivity index (χ4n) is 4.92. The topological polar surface area (TPSA) is 58.6 Å². The molecule has 0 bridgehead atoms. The molecule has 0 saturated carbocycles. The van der Waals surface area contributed by atoms with Gasteiger partial charge in [-0.25, -0.2) is 0 Å². The summed E-state index contributed by atoms with van der Waals surface area (Å²) in [5, 5.41) is 3.06. The number of nitrogens with zero attached hydrogens (tertiary/aromatic N) is 1. The number of ether oxygens (including phenoxy) is 1. The SMILES string of the molecule is CCC[C@@H]1N(C(=O)C2CCOCC2)CC[C@@]12C(=O)Nc1ccccc12. The van der Waals surface area contributed by atoms with Gasteiger partial charge in [0.1, 0.15) is 0 Å². The van der Waals surface area contributed by atoms with E-state index < -0.39 is 5.41 Å². The first kappa shape index (κ1) is 16.6. The number of hydrogen-bond donors (Lipinski definition) is 1. The molecule has 2 fully saturated rings. The number of amides is 2. The fourth-order valence-corrected chi connectivity index (χ4v) is 4.92. The average molecular weight is 342 g/mol. The number of likely N-dealkylation sites (tertiary alicyclic amines) is 1. The first-order chi connectivity index (χ1) is 12.2. The van der Waals surface area contributed by atoms with E-state index in [0.717, 1.165) is 43.4 Å². The van der Waals surface area contributed by atoms with Gasteiger partial charge in [-0.1, -0.05) is 31.5 Å². The van der Waals surface area contributed by atoms with Crippen molar-refractivity contribution < 1.29 is 14.3 Å². The van der Waals surface area contributed by atoms with Crippen LogP contribution in [-0.4, -0.2) is 42.5 Å². The van der Waals surface area contributed by atoms with E-state index in [2.05, 4.69) is 18.3 Å². The second-order valence-electron chi connectivity index (χ2n) is 7.44. The monoisotopic (exact) mass is 342 g/mol. The molecular weight excluding hydrogens is 316 g/mol. The van der Waals surface area contributed by atoms with E-state index in [-0.39, 0.29) is 23.8 Å². The van der Waals surface area contributed by atoms with Crippen LogP contribution in [0, 0.1) is 5.92 Å². The van der Waals surface area contributed by atoms with Crippen molar-refractivity contribution in [3.63, 3.8) is 0 Å². The zero-order valence-electron chi connectivity index (χ0n) is 14.8. The lowest BCUT2D eigenvalue weighted by atomic mass is 9.73. The summed E-state index contributed by atoms with van der Waals surface area (Å²) in [6.45, 7) is 4.12. The van der Waals surface area contributed by atoms with Crippen molar-refractivity contribution in [2.24, 2.45) is 5.92 Å². The van der Waals surface area contributed by atoms with Gasteiger partial charge in [-0.05, 0) is 37.3 Å². The standard InChI is InChI=1S/C20H26N2O3/c1-2-5-17-20(15-6-3-4-7-16(15)21-19(20)24)10-11-22(17)18(23)14-8-12-25-13-9-14/h3-4,6-7,14,17H,2,5,8-13H2,1H3,(H,21,24)/t17-,20-/m0/s1. The summed E-state index contributed by atoms with van der Waals surface area (Å²) >= 11 is 0. The van der Waals surface area contributed by atoms with Gasteiger partial charge in [0.05, 0.1) is 11.5 Å². The first-order valence-electron chi connectivity index (χ1n) is 9.47. The minimum atomic E-state index is -0.576. The van der Waals surface area contributed by atoms with Gasteiger partial charge in [0.2, 0.25) is 11.8 Å². The van der Waals surface area contributed by atoms with Crippen LogP contribution >= 0.6 is 0 Å². The van der Waals surface area contributed by atoms with E-state index in [9.17, 15) is 9.59 Å². The minimum Gasteiger partial charge on any atom is -0.381 e. The fraction of sp³-hybridized carbons (Fsp3) is 0.600. The number of rotatable bonds is 3. The van der Waals surface area contributed by atoms with Gasteiger partial charge in [0.15, 0.2) is 0 Å². The van der Waals surface area contributed by atoms with Crippen LogP contribution in [0.3, 0.4) is 0 Å². The van der Waals surface area contributed by atoms with Crippen molar-refractivity contribution in [2.75, 3.05) is 25.1 Å². The summed E-state index contributed by atoms with van der Waals surface area (Å²) in [4.78, 5) is 28.2. The van der Waals surface area contributed by atoms with Gasteiger partial charge < -0.3 is 15.0 Å². The van der Waals surface area contributed by atoms with E-state index in [0.29, 0.717) is 19.8 Å². The lowest BCUT2D eigenvalue weighted by molar-refractivity contribution is -0.140. The molecular formula is C20H26N2O3. The van der Waals surface area contributed by atoms with Crippen molar-refractivity contribution in [3.05, 3.63) is 29.8 Å². The summed E-state index contributed by atoms with van der Waals surface area (Å²) in [6, 6.07) is 7.92. The highest BCUT2D eigenvalue weighted by Crippen LogP contribution is 2.49. The smallest absolute Gasteiger partial charge is 0.237 e. The molecule has 0 aliphatic carbocycles. The summed E-state index contributed by atoms with van der Waals surface area (Å²) in [7, 11) is 0. The molecule has 1 aromatic carbocycles. The van der Waals surface area contributed by atoms with Gasteiger partial charge in [-0.3, -0.25) is 9.59 Å². The van der Waals surface area contributed by atoms with Crippen molar-refractivity contribution >= 4 is 17.5 Å². The average Bonchev–Trinajstić information content (AvgIpc) is 3.16. The van der Waals surface area contributed by atoms with Gasteiger partial charge in [0, 0.05) is 31.4 Å². The number of para-hydroxylation sites is 1. The summed E-state index contributed by atoms with van der Waals surface area (Å²) < 4.78 is 5.41. The first-order valence-corrected chi connectivity index (χ1v) is 9.47. The molecule has 2 saturated heterocycles. The summed E-state index contributed by atoms with van der Waals surface area (Å²) in [5.41, 5.74) is 1.41. The Morgan fingerprint density at radius 2 is 2.08 bits per heavy atom. The molecule has 1 spiro atoms. The Morgan fingerprint density at radius 1 is 1.32 bits per heavy atom. The predicted molar refractivity (Wildman–Crippen MR) is 95.3 cm³/mol. The van der Waals surface area contributed by atoms with Crippen LogP contribution in [0.4, 0.5) is 5.69 Å². The largest absolute Gasteiger partial charge is 0.381 e. The molecule has 4 rings (SSSR count). The Kier molecular flexibility index (Phi) is 4.28. The molecule has 5 heteroatoms. The van der Waals surface area contributed by atoms with E-state index in [1.54, 1.807) is 0 Å². The van der Waals surface area contributed by atoms with E-state index in [1.165, 1.54) is 0 Å². The molecule has 3 aliphatic rings. The number of anilines is 1. The zero-order valence-corrected chi connectivity index (χ0v) is 14.8. The summed E-state index contributed by atoms with van der Waals surface area (Å²) in [6.07, 6.45) is 4.12. The van der Waals surface area contributed by atoms with Crippen LogP contribution in [0.15, 0.2) is 24.3 Å². The Morgan fingerprint density at radius 3 is 2.84 bits per heavy atom. The van der Waals surface area contributed by atoms with Crippen molar-refractivity contribution in [2.45, 2.75) is 50.5 Å². The maximum atomic E-state index is 13.2. The van der Waals surface area contributed by atoms with Crippen LogP contribution in [0.25, 0.3) is 0 Å². The Balaban J connectivity index is 1.68. The minimum absolute atomic E-state index is 0.0444. The van der Waals surface area contributed by atoms with Crippen LogP contribution in [0.5, 0.6) is 0 Å². The van der Waals surface area contributed by atoms with Gasteiger partial charge >= 0.3 is 0 Å². The molecule has 0 radical (unpaired) electrons. The van der Waals surface area contributed by atoms with Crippen molar-refractivity contribution in [1.29, 1.82) is 0 Å². The van der Waals surface area contributed by atoms with Crippen LogP contribution in [-0.2, 0) is 19.7 Å². The second-order valence-corrected chi connectivity index (χ2v) is 7.44. The van der Waals surface area contributed by atoms with Crippen LogP contribution in [0.2, 0.25) is 0 Å². The Bertz CT molecular complexity index is 683. The van der Waals surface area contributed by atoms with Gasteiger partial charge in [0.25, 0.3) is 0 Å². The molecule has 134 valence electrons. The maximum Gasteiger partial charge on any atom is 0.237 e. The van der Waals surface area contributed by atoms with Crippen molar-refractivity contribution in [1.82, 2.24) is 4.90 Å². The van der Waals surface area contributed by atoms with Crippen LogP contribution < -0.4 is 5.32 Å². The normalized spacial score (nSPS) is 29.1.